The molecule has 2 aromatic rings. The van der Waals surface area contributed by atoms with Crippen LogP contribution in [-0.4, -0.2) is 26.3 Å². The molecule has 0 aliphatic heterocycles. The average molecular weight is 411 g/mol. The maximum absolute atomic E-state index is 13.9. The molecule has 1 atom stereocenters. The summed E-state index contributed by atoms with van der Waals surface area (Å²) in [4.78, 5) is 23.4. The highest BCUT2D eigenvalue weighted by Gasteiger charge is 2.19. The summed E-state index contributed by atoms with van der Waals surface area (Å²) in [7, 11) is -3.73. The van der Waals surface area contributed by atoms with Gasteiger partial charge in [0.1, 0.15) is 11.6 Å². The van der Waals surface area contributed by atoms with Crippen molar-refractivity contribution in [2.75, 3.05) is 5.32 Å². The average Bonchev–Trinajstić information content (AvgIpc) is 2.63. The Morgan fingerprint density at radius 2 is 1.71 bits per heavy atom. The van der Waals surface area contributed by atoms with Crippen LogP contribution >= 0.6 is 0 Å². The van der Waals surface area contributed by atoms with E-state index >= 15 is 0 Å². The van der Waals surface area contributed by atoms with E-state index in [1.807, 2.05) is 6.92 Å². The standard InChI is InChI=1S/C18H19F2N3O4S/c1-3-10(2)23-28(26,27)12-6-4-11(5-7-12)18(25)22-16-8-13(17(21)24)14(19)9-15(16)20/h4-10,23H,3H2,1-2H3,(H2,21,24)(H,22,25). The Morgan fingerprint density at radius 1 is 1.11 bits per heavy atom. The predicted molar refractivity (Wildman–Crippen MR) is 99.3 cm³/mol. The number of primary amides is 1. The Kier molecular flexibility index (Phi) is 6.47. The Hall–Kier alpha value is -2.85. The third-order valence-electron chi connectivity index (χ3n) is 3.97. The number of amides is 2. The normalized spacial score (nSPS) is 12.4. The molecule has 0 saturated heterocycles. The van der Waals surface area contributed by atoms with Gasteiger partial charge in [-0.1, -0.05) is 6.92 Å². The van der Waals surface area contributed by atoms with E-state index in [1.54, 1.807) is 6.92 Å². The minimum atomic E-state index is -3.73. The number of hydrogen-bond acceptors (Lipinski definition) is 4. The zero-order valence-corrected chi connectivity index (χ0v) is 15.9. The van der Waals surface area contributed by atoms with Crippen molar-refractivity contribution >= 4 is 27.5 Å². The smallest absolute Gasteiger partial charge is 0.255 e. The fourth-order valence-electron chi connectivity index (χ4n) is 2.23. The van der Waals surface area contributed by atoms with Gasteiger partial charge in [-0.05, 0) is 43.7 Å². The lowest BCUT2D eigenvalue weighted by Gasteiger charge is -2.12. The van der Waals surface area contributed by atoms with Gasteiger partial charge in [0.15, 0.2) is 0 Å². The molecule has 150 valence electrons. The number of halogens is 2. The number of sulfonamides is 1. The van der Waals surface area contributed by atoms with E-state index in [4.69, 9.17) is 5.73 Å². The minimum absolute atomic E-state index is 0.0340. The first-order valence-electron chi connectivity index (χ1n) is 8.27. The molecular weight excluding hydrogens is 392 g/mol. The van der Waals surface area contributed by atoms with Crippen LogP contribution in [-0.2, 0) is 10.0 Å². The van der Waals surface area contributed by atoms with Crippen molar-refractivity contribution in [3.8, 4) is 0 Å². The van der Waals surface area contributed by atoms with Crippen LogP contribution < -0.4 is 15.8 Å². The van der Waals surface area contributed by atoms with E-state index in [2.05, 4.69) is 10.0 Å². The third-order valence-corrected chi connectivity index (χ3v) is 5.57. The van der Waals surface area contributed by atoms with Crippen molar-refractivity contribution in [3.63, 3.8) is 0 Å². The number of nitrogens with one attached hydrogen (secondary N) is 2. The highest BCUT2D eigenvalue weighted by atomic mass is 32.2. The Labute approximate surface area is 161 Å². The SMILES string of the molecule is CCC(C)NS(=O)(=O)c1ccc(C(=O)Nc2cc(C(N)=O)c(F)cc2F)cc1. The van der Waals surface area contributed by atoms with E-state index < -0.39 is 44.7 Å². The quantitative estimate of drug-likeness (QED) is 0.648. The number of hydrogen-bond donors (Lipinski definition) is 3. The molecule has 0 aliphatic carbocycles. The Balaban J connectivity index is 2.23. The van der Waals surface area contributed by atoms with Crippen LogP contribution in [0.1, 0.15) is 41.0 Å². The van der Waals surface area contributed by atoms with Gasteiger partial charge in [-0.15, -0.1) is 0 Å². The third kappa shape index (κ3) is 4.90. The molecule has 7 nitrogen and oxygen atoms in total. The van der Waals surface area contributed by atoms with Gasteiger partial charge >= 0.3 is 0 Å². The van der Waals surface area contributed by atoms with Crippen molar-refractivity contribution in [2.45, 2.75) is 31.2 Å². The first kappa shape index (κ1) is 21.5. The Morgan fingerprint density at radius 3 is 2.25 bits per heavy atom. The molecule has 2 amide bonds. The maximum Gasteiger partial charge on any atom is 0.255 e. The lowest BCUT2D eigenvalue weighted by molar-refractivity contribution is 0.0992. The molecule has 0 aliphatic rings. The predicted octanol–water partition coefficient (Wildman–Crippen LogP) is 2.39. The molecule has 28 heavy (non-hydrogen) atoms. The molecule has 0 aromatic heterocycles. The van der Waals surface area contributed by atoms with Crippen molar-refractivity contribution < 1.29 is 26.8 Å². The molecule has 2 aromatic carbocycles. The van der Waals surface area contributed by atoms with Crippen LogP contribution in [0.15, 0.2) is 41.3 Å². The molecule has 0 spiro atoms. The van der Waals surface area contributed by atoms with Crippen molar-refractivity contribution in [1.82, 2.24) is 4.72 Å². The largest absolute Gasteiger partial charge is 0.366 e. The van der Waals surface area contributed by atoms with Gasteiger partial charge in [-0.3, -0.25) is 9.59 Å². The van der Waals surface area contributed by atoms with Gasteiger partial charge in [0.2, 0.25) is 10.0 Å². The number of carbonyl (C=O) groups is 2. The second-order valence-corrected chi connectivity index (χ2v) is 7.80. The topological polar surface area (TPSA) is 118 Å². The number of anilines is 1. The first-order valence-corrected chi connectivity index (χ1v) is 9.76. The highest BCUT2D eigenvalue weighted by Crippen LogP contribution is 2.20. The zero-order valence-electron chi connectivity index (χ0n) is 15.1. The van der Waals surface area contributed by atoms with Gasteiger partial charge in [0, 0.05) is 17.7 Å². The summed E-state index contributed by atoms with van der Waals surface area (Å²) in [5, 5.41) is 2.20. The summed E-state index contributed by atoms with van der Waals surface area (Å²) in [5.41, 5.74) is 4.02. The molecule has 10 heteroatoms. The van der Waals surface area contributed by atoms with E-state index in [0.29, 0.717) is 12.5 Å². The summed E-state index contributed by atoms with van der Waals surface area (Å²) < 4.78 is 54.3. The van der Waals surface area contributed by atoms with Crippen LogP contribution in [0.4, 0.5) is 14.5 Å². The molecular formula is C18H19F2N3O4S. The van der Waals surface area contributed by atoms with Crippen molar-refractivity contribution in [2.24, 2.45) is 5.73 Å². The fourth-order valence-corrected chi connectivity index (χ4v) is 3.56. The van der Waals surface area contributed by atoms with Crippen molar-refractivity contribution in [1.29, 1.82) is 0 Å². The first-order chi connectivity index (χ1) is 13.0. The van der Waals surface area contributed by atoms with Crippen LogP contribution in [0.3, 0.4) is 0 Å². The maximum atomic E-state index is 13.9. The van der Waals surface area contributed by atoms with Crippen LogP contribution in [0.25, 0.3) is 0 Å². The molecule has 0 heterocycles. The summed E-state index contributed by atoms with van der Waals surface area (Å²) in [6.07, 6.45) is 0.607. The second-order valence-electron chi connectivity index (χ2n) is 6.09. The van der Waals surface area contributed by atoms with E-state index in [9.17, 15) is 26.8 Å². The van der Waals surface area contributed by atoms with Crippen molar-refractivity contribution in [3.05, 3.63) is 59.2 Å². The molecule has 0 bridgehead atoms. The second kappa shape index (κ2) is 8.44. The number of benzene rings is 2. The Bertz CT molecular complexity index is 1010. The summed E-state index contributed by atoms with van der Waals surface area (Å²) in [6, 6.07) is 5.93. The number of carbonyl (C=O) groups excluding carboxylic acids is 2. The van der Waals surface area contributed by atoms with Gasteiger partial charge in [-0.25, -0.2) is 21.9 Å². The van der Waals surface area contributed by atoms with Crippen LogP contribution in [0.2, 0.25) is 0 Å². The van der Waals surface area contributed by atoms with Gasteiger partial charge in [0.05, 0.1) is 16.1 Å². The minimum Gasteiger partial charge on any atom is -0.366 e. The lowest BCUT2D eigenvalue weighted by atomic mass is 10.1. The lowest BCUT2D eigenvalue weighted by Crippen LogP contribution is -2.32. The monoisotopic (exact) mass is 411 g/mol. The fraction of sp³-hybridized carbons (Fsp3) is 0.222. The molecule has 2 rings (SSSR count). The molecule has 0 fully saturated rings. The molecule has 4 N–H and O–H groups in total. The molecule has 1 unspecified atom stereocenters. The van der Waals surface area contributed by atoms with E-state index in [-0.39, 0.29) is 16.5 Å². The van der Waals surface area contributed by atoms with Crippen LogP contribution in [0, 0.1) is 11.6 Å². The molecule has 0 saturated carbocycles. The van der Waals surface area contributed by atoms with Gasteiger partial charge in [-0.2, -0.15) is 0 Å². The van der Waals surface area contributed by atoms with E-state index in [0.717, 1.165) is 6.07 Å². The summed E-state index contributed by atoms with van der Waals surface area (Å²) >= 11 is 0. The zero-order chi connectivity index (χ0) is 21.1. The van der Waals surface area contributed by atoms with Crippen LogP contribution in [0.5, 0.6) is 0 Å². The summed E-state index contributed by atoms with van der Waals surface area (Å²) in [5.74, 6) is -4.13. The van der Waals surface area contributed by atoms with Gasteiger partial charge in [0.25, 0.3) is 11.8 Å². The number of nitrogens with two attached hydrogens (primary N) is 1. The highest BCUT2D eigenvalue weighted by molar-refractivity contribution is 7.89. The summed E-state index contributed by atoms with van der Waals surface area (Å²) in [6.45, 7) is 3.55. The molecule has 0 radical (unpaired) electrons. The van der Waals surface area contributed by atoms with E-state index in [1.165, 1.54) is 24.3 Å². The van der Waals surface area contributed by atoms with Gasteiger partial charge < -0.3 is 11.1 Å². The number of rotatable bonds is 7.